The van der Waals surface area contributed by atoms with Gasteiger partial charge in [-0.2, -0.15) is 0 Å². The lowest BCUT2D eigenvalue weighted by Gasteiger charge is -2.06. The quantitative estimate of drug-likeness (QED) is 0.292. The Morgan fingerprint density at radius 3 is 1.39 bits per heavy atom. The number of unbranched alkanes of at least 4 members (excludes halogenated alkanes) is 11. The average Bonchev–Trinajstić information content (AvgIpc) is 2.34. The van der Waals surface area contributed by atoms with Gasteiger partial charge in [0.2, 0.25) is 0 Å². The van der Waals surface area contributed by atoms with Crippen molar-refractivity contribution >= 4 is 9.04 Å². The highest BCUT2D eigenvalue weighted by Crippen LogP contribution is 2.11. The fraction of sp³-hybridized carbons (Fsp3) is 1.00. The first-order chi connectivity index (χ1) is 8.77. The molecule has 0 amide bonds. The molecule has 0 fully saturated rings. The Kier molecular flexibility index (Phi) is 15.4. The number of hydrogen-bond donors (Lipinski definition) is 0. The highest BCUT2D eigenvalue weighted by Gasteiger charge is 1.95. The molecule has 0 saturated heterocycles. The maximum Gasteiger partial charge on any atom is 0.170 e. The second kappa shape index (κ2) is 15.2. The SMILES string of the molecule is CCCCCCCCCCCCCCO[SiH](C)C. The molecule has 18 heavy (non-hydrogen) atoms. The maximum absolute atomic E-state index is 5.67. The van der Waals surface area contributed by atoms with Crippen LogP contribution in [0.25, 0.3) is 0 Å². The van der Waals surface area contributed by atoms with Crippen molar-refractivity contribution < 1.29 is 4.43 Å². The fourth-order valence-corrected chi connectivity index (χ4v) is 2.90. The lowest BCUT2D eigenvalue weighted by atomic mass is 10.1. The molecule has 0 unspecified atom stereocenters. The zero-order chi connectivity index (χ0) is 13.5. The number of rotatable bonds is 14. The lowest BCUT2D eigenvalue weighted by Crippen LogP contribution is -2.08. The molecular formula is C16H36OSi. The van der Waals surface area contributed by atoms with E-state index in [1.807, 2.05) is 0 Å². The van der Waals surface area contributed by atoms with Crippen LogP contribution in [0.4, 0.5) is 0 Å². The lowest BCUT2D eigenvalue weighted by molar-refractivity contribution is 0.311. The summed E-state index contributed by atoms with van der Waals surface area (Å²) in [5.41, 5.74) is 0. The third kappa shape index (κ3) is 16.2. The molecule has 2 heteroatoms. The van der Waals surface area contributed by atoms with Crippen LogP contribution < -0.4 is 0 Å². The molecule has 0 aromatic rings. The number of hydrogen-bond acceptors (Lipinski definition) is 1. The van der Waals surface area contributed by atoms with Crippen LogP contribution in [0.1, 0.15) is 84.0 Å². The second-order valence-corrected chi connectivity index (χ2v) is 8.24. The smallest absolute Gasteiger partial charge is 0.170 e. The molecule has 0 bridgehead atoms. The Balaban J connectivity index is 2.90. The second-order valence-electron chi connectivity index (χ2n) is 5.81. The zero-order valence-corrected chi connectivity index (χ0v) is 14.3. The van der Waals surface area contributed by atoms with Crippen molar-refractivity contribution in [3.63, 3.8) is 0 Å². The van der Waals surface area contributed by atoms with Crippen LogP contribution in [0, 0.1) is 0 Å². The molecule has 0 radical (unpaired) electrons. The summed E-state index contributed by atoms with van der Waals surface area (Å²) < 4.78 is 5.67. The maximum atomic E-state index is 5.67. The van der Waals surface area contributed by atoms with Gasteiger partial charge >= 0.3 is 0 Å². The fourth-order valence-electron chi connectivity index (χ4n) is 2.26. The Labute approximate surface area is 117 Å². The van der Waals surface area contributed by atoms with Gasteiger partial charge in [-0.1, -0.05) is 77.6 Å². The first kappa shape index (κ1) is 18.2. The van der Waals surface area contributed by atoms with E-state index in [1.54, 1.807) is 0 Å². The van der Waals surface area contributed by atoms with E-state index in [4.69, 9.17) is 4.43 Å². The summed E-state index contributed by atoms with van der Waals surface area (Å²) in [4.78, 5) is 0. The normalized spacial score (nSPS) is 11.3. The van der Waals surface area contributed by atoms with Gasteiger partial charge in [0, 0.05) is 6.61 Å². The van der Waals surface area contributed by atoms with E-state index in [0.29, 0.717) is 0 Å². The van der Waals surface area contributed by atoms with Gasteiger partial charge in [0.15, 0.2) is 9.04 Å². The van der Waals surface area contributed by atoms with Crippen molar-refractivity contribution in [3.8, 4) is 0 Å². The van der Waals surface area contributed by atoms with Crippen molar-refractivity contribution in [3.05, 3.63) is 0 Å². The van der Waals surface area contributed by atoms with Crippen LogP contribution in [-0.4, -0.2) is 15.6 Å². The molecular weight excluding hydrogens is 236 g/mol. The van der Waals surface area contributed by atoms with Gasteiger partial charge in [-0.05, 0) is 19.5 Å². The summed E-state index contributed by atoms with van der Waals surface area (Å²) >= 11 is 0. The van der Waals surface area contributed by atoms with Crippen LogP contribution >= 0.6 is 0 Å². The van der Waals surface area contributed by atoms with Crippen LogP contribution in [0.5, 0.6) is 0 Å². The summed E-state index contributed by atoms with van der Waals surface area (Å²) in [6, 6.07) is 0. The molecule has 0 aliphatic heterocycles. The average molecular weight is 273 g/mol. The molecule has 110 valence electrons. The predicted octanol–water partition coefficient (Wildman–Crippen LogP) is 5.69. The van der Waals surface area contributed by atoms with Crippen molar-refractivity contribution in [2.24, 2.45) is 0 Å². The van der Waals surface area contributed by atoms with E-state index in [1.165, 1.54) is 77.0 Å². The monoisotopic (exact) mass is 272 g/mol. The highest BCUT2D eigenvalue weighted by atomic mass is 28.3. The molecule has 0 aliphatic rings. The van der Waals surface area contributed by atoms with Gasteiger partial charge in [0.05, 0.1) is 0 Å². The van der Waals surface area contributed by atoms with Gasteiger partial charge in [0.25, 0.3) is 0 Å². The summed E-state index contributed by atoms with van der Waals surface area (Å²) in [6.45, 7) is 7.80. The highest BCUT2D eigenvalue weighted by molar-refractivity contribution is 6.48. The van der Waals surface area contributed by atoms with Crippen LogP contribution in [-0.2, 0) is 4.43 Å². The van der Waals surface area contributed by atoms with Crippen LogP contribution in [0.3, 0.4) is 0 Å². The molecule has 0 atom stereocenters. The van der Waals surface area contributed by atoms with E-state index in [2.05, 4.69) is 20.0 Å². The molecule has 0 rings (SSSR count). The molecule has 0 aromatic carbocycles. The van der Waals surface area contributed by atoms with Gasteiger partial charge in [0.1, 0.15) is 0 Å². The van der Waals surface area contributed by atoms with E-state index in [0.717, 1.165) is 6.61 Å². The molecule has 0 spiro atoms. The molecule has 0 N–H and O–H groups in total. The molecule has 0 aliphatic carbocycles. The van der Waals surface area contributed by atoms with Gasteiger partial charge < -0.3 is 4.43 Å². The zero-order valence-electron chi connectivity index (χ0n) is 13.2. The van der Waals surface area contributed by atoms with Crippen LogP contribution in [0.2, 0.25) is 13.1 Å². The Hall–Kier alpha value is 0.177. The third-order valence-electron chi connectivity index (χ3n) is 3.45. The summed E-state index contributed by atoms with van der Waals surface area (Å²) in [5.74, 6) is 0. The van der Waals surface area contributed by atoms with Gasteiger partial charge in [-0.15, -0.1) is 0 Å². The topological polar surface area (TPSA) is 9.23 Å². The van der Waals surface area contributed by atoms with E-state index in [9.17, 15) is 0 Å². The van der Waals surface area contributed by atoms with Crippen molar-refractivity contribution in [1.29, 1.82) is 0 Å². The minimum Gasteiger partial charge on any atom is -0.421 e. The molecule has 1 nitrogen and oxygen atoms in total. The van der Waals surface area contributed by atoms with Crippen LogP contribution in [0.15, 0.2) is 0 Å². The standard InChI is InChI=1S/C16H36OSi/c1-4-5-6-7-8-9-10-11-12-13-14-15-16-17-18(2)3/h18H,4-16H2,1-3H3. The third-order valence-corrected chi connectivity index (χ3v) is 4.35. The van der Waals surface area contributed by atoms with Gasteiger partial charge in [-0.25, -0.2) is 0 Å². The Morgan fingerprint density at radius 2 is 1.00 bits per heavy atom. The predicted molar refractivity (Wildman–Crippen MR) is 85.9 cm³/mol. The Bertz CT molecular complexity index is 148. The summed E-state index contributed by atoms with van der Waals surface area (Å²) in [6.07, 6.45) is 17.1. The summed E-state index contributed by atoms with van der Waals surface area (Å²) in [7, 11) is -0.757. The van der Waals surface area contributed by atoms with Crippen molar-refractivity contribution in [2.75, 3.05) is 6.61 Å². The van der Waals surface area contributed by atoms with E-state index in [-0.39, 0.29) is 0 Å². The minimum atomic E-state index is -0.757. The van der Waals surface area contributed by atoms with E-state index >= 15 is 0 Å². The van der Waals surface area contributed by atoms with Crippen molar-refractivity contribution in [2.45, 2.75) is 97.1 Å². The summed E-state index contributed by atoms with van der Waals surface area (Å²) in [5, 5.41) is 0. The van der Waals surface area contributed by atoms with E-state index < -0.39 is 9.04 Å². The Morgan fingerprint density at radius 1 is 0.611 bits per heavy atom. The first-order valence-corrected chi connectivity index (χ1v) is 11.2. The largest absolute Gasteiger partial charge is 0.421 e. The minimum absolute atomic E-state index is 0.757. The van der Waals surface area contributed by atoms with Gasteiger partial charge in [-0.3, -0.25) is 0 Å². The first-order valence-electron chi connectivity index (χ1n) is 8.39. The molecule has 0 aromatic heterocycles. The van der Waals surface area contributed by atoms with Crippen molar-refractivity contribution in [1.82, 2.24) is 0 Å². The molecule has 0 heterocycles. The molecule has 0 saturated carbocycles.